The third kappa shape index (κ3) is 3.28. The standard InChI is InChI=1S/C20H21N3O5S/c1-9-14(18-21-16(23-28-18)10-5-6-10)19(29-15(9)11-7-27-8-11)22-17(24)12-3-2-4-13(12)20(25)26/h10-11H,2-8H2,1H3,(H,22,24)(H,25,26). The molecule has 2 aromatic rings. The third-order valence-corrected chi connectivity index (χ3v) is 7.14. The fraction of sp³-hybridized carbons (Fsp3) is 0.500. The van der Waals surface area contributed by atoms with Crippen LogP contribution in [0.5, 0.6) is 0 Å². The van der Waals surface area contributed by atoms with Crippen molar-refractivity contribution in [1.29, 1.82) is 0 Å². The Morgan fingerprint density at radius 3 is 2.59 bits per heavy atom. The fourth-order valence-corrected chi connectivity index (χ4v) is 5.17. The predicted octanol–water partition coefficient (Wildman–Crippen LogP) is 3.60. The summed E-state index contributed by atoms with van der Waals surface area (Å²) in [5.41, 5.74) is 2.30. The molecule has 0 bridgehead atoms. The number of amides is 1. The van der Waals surface area contributed by atoms with Crippen LogP contribution in [0.15, 0.2) is 15.7 Å². The van der Waals surface area contributed by atoms with E-state index in [2.05, 4.69) is 15.5 Å². The Morgan fingerprint density at radius 2 is 1.93 bits per heavy atom. The highest BCUT2D eigenvalue weighted by atomic mass is 32.1. The summed E-state index contributed by atoms with van der Waals surface area (Å²) >= 11 is 1.49. The predicted molar refractivity (Wildman–Crippen MR) is 105 cm³/mol. The molecule has 0 radical (unpaired) electrons. The monoisotopic (exact) mass is 415 g/mol. The highest BCUT2D eigenvalue weighted by Crippen LogP contribution is 2.46. The van der Waals surface area contributed by atoms with Gasteiger partial charge in [0.2, 0.25) is 0 Å². The van der Waals surface area contributed by atoms with Crippen LogP contribution in [0.1, 0.15) is 60.2 Å². The van der Waals surface area contributed by atoms with E-state index in [1.807, 2.05) is 6.92 Å². The van der Waals surface area contributed by atoms with E-state index in [0.29, 0.717) is 60.7 Å². The van der Waals surface area contributed by atoms with E-state index in [4.69, 9.17) is 9.26 Å². The lowest BCUT2D eigenvalue weighted by atomic mass is 10.0. The summed E-state index contributed by atoms with van der Waals surface area (Å²) in [4.78, 5) is 30.0. The van der Waals surface area contributed by atoms with Crippen molar-refractivity contribution in [3.8, 4) is 11.5 Å². The van der Waals surface area contributed by atoms with Gasteiger partial charge in [0.05, 0.1) is 18.8 Å². The summed E-state index contributed by atoms with van der Waals surface area (Å²) in [6, 6.07) is 0. The van der Waals surface area contributed by atoms with Crippen molar-refractivity contribution in [3.05, 3.63) is 27.4 Å². The minimum atomic E-state index is -1.02. The van der Waals surface area contributed by atoms with Crippen LogP contribution in [-0.4, -0.2) is 40.3 Å². The van der Waals surface area contributed by atoms with Gasteiger partial charge in [0.1, 0.15) is 5.00 Å². The van der Waals surface area contributed by atoms with E-state index in [9.17, 15) is 14.7 Å². The van der Waals surface area contributed by atoms with Gasteiger partial charge in [0.25, 0.3) is 11.8 Å². The number of anilines is 1. The molecular formula is C20H21N3O5S. The van der Waals surface area contributed by atoms with Gasteiger partial charge in [-0.2, -0.15) is 4.98 Å². The van der Waals surface area contributed by atoms with Crippen LogP contribution >= 0.6 is 11.3 Å². The topological polar surface area (TPSA) is 115 Å². The quantitative estimate of drug-likeness (QED) is 0.741. The Balaban J connectivity index is 1.51. The van der Waals surface area contributed by atoms with E-state index in [-0.39, 0.29) is 17.4 Å². The van der Waals surface area contributed by atoms with Gasteiger partial charge in [-0.05, 0) is 44.6 Å². The number of nitrogens with one attached hydrogen (secondary N) is 1. The summed E-state index contributed by atoms with van der Waals surface area (Å²) in [5.74, 6) is 0.389. The molecule has 1 amide bonds. The third-order valence-electron chi connectivity index (χ3n) is 5.77. The van der Waals surface area contributed by atoms with Crippen molar-refractivity contribution in [2.24, 2.45) is 0 Å². The van der Waals surface area contributed by atoms with Crippen LogP contribution < -0.4 is 5.32 Å². The van der Waals surface area contributed by atoms with Crippen LogP contribution in [0.25, 0.3) is 11.5 Å². The lowest BCUT2D eigenvalue weighted by molar-refractivity contribution is -0.133. The first-order chi connectivity index (χ1) is 14.0. The molecule has 0 spiro atoms. The Bertz CT molecular complexity index is 1030. The van der Waals surface area contributed by atoms with E-state index in [0.717, 1.165) is 28.8 Å². The number of rotatable bonds is 6. The van der Waals surface area contributed by atoms with Crippen LogP contribution in [0.4, 0.5) is 5.00 Å². The van der Waals surface area contributed by atoms with Crippen molar-refractivity contribution in [2.45, 2.75) is 50.9 Å². The number of hydrogen-bond acceptors (Lipinski definition) is 7. The number of carboxylic acid groups (broad SMARTS) is 1. The highest BCUT2D eigenvalue weighted by molar-refractivity contribution is 7.17. The van der Waals surface area contributed by atoms with Gasteiger partial charge < -0.3 is 19.7 Å². The number of aromatic nitrogens is 2. The minimum Gasteiger partial charge on any atom is -0.478 e. The van der Waals surface area contributed by atoms with Crippen molar-refractivity contribution < 1.29 is 24.0 Å². The number of carbonyl (C=O) groups is 2. The number of carbonyl (C=O) groups excluding carboxylic acids is 1. The molecular weight excluding hydrogens is 394 g/mol. The number of ether oxygens (including phenoxy) is 1. The molecule has 1 saturated carbocycles. The zero-order valence-electron chi connectivity index (χ0n) is 16.0. The highest BCUT2D eigenvalue weighted by Gasteiger charge is 2.34. The second-order valence-corrected chi connectivity index (χ2v) is 8.88. The van der Waals surface area contributed by atoms with E-state index >= 15 is 0 Å². The van der Waals surface area contributed by atoms with Gasteiger partial charge in [-0.25, -0.2) is 4.79 Å². The summed E-state index contributed by atoms with van der Waals surface area (Å²) in [5, 5.41) is 17.1. The molecule has 9 heteroatoms. The first-order valence-electron chi connectivity index (χ1n) is 9.84. The maximum absolute atomic E-state index is 12.9. The van der Waals surface area contributed by atoms with Crippen molar-refractivity contribution in [2.75, 3.05) is 18.5 Å². The van der Waals surface area contributed by atoms with Crippen LogP contribution in [0.3, 0.4) is 0 Å². The lowest BCUT2D eigenvalue weighted by Gasteiger charge is -2.25. The number of carboxylic acids is 1. The Morgan fingerprint density at radius 1 is 1.17 bits per heavy atom. The molecule has 3 aliphatic rings. The average molecular weight is 415 g/mol. The molecule has 2 N–H and O–H groups in total. The molecule has 0 aromatic carbocycles. The summed E-state index contributed by atoms with van der Waals surface area (Å²) in [6.45, 7) is 3.30. The van der Waals surface area contributed by atoms with Gasteiger partial charge in [0, 0.05) is 27.9 Å². The number of thiophene rings is 1. The molecule has 5 rings (SSSR count). The van der Waals surface area contributed by atoms with Gasteiger partial charge in [-0.15, -0.1) is 11.3 Å². The molecule has 8 nitrogen and oxygen atoms in total. The van der Waals surface area contributed by atoms with E-state index < -0.39 is 5.97 Å². The molecule has 29 heavy (non-hydrogen) atoms. The SMILES string of the molecule is Cc1c(C2COC2)sc(NC(=O)C2=C(C(=O)O)CCC2)c1-c1nc(C2CC2)no1. The Kier molecular flexibility index (Phi) is 4.51. The van der Waals surface area contributed by atoms with Crippen molar-refractivity contribution >= 4 is 28.2 Å². The molecule has 2 aromatic heterocycles. The molecule has 3 heterocycles. The lowest BCUT2D eigenvalue weighted by Crippen LogP contribution is -2.24. The second-order valence-electron chi connectivity index (χ2n) is 7.83. The molecule has 0 atom stereocenters. The zero-order chi connectivity index (χ0) is 20.1. The van der Waals surface area contributed by atoms with Gasteiger partial charge in [-0.3, -0.25) is 4.79 Å². The molecule has 1 saturated heterocycles. The molecule has 2 fully saturated rings. The van der Waals surface area contributed by atoms with E-state index in [1.165, 1.54) is 11.3 Å². The second kappa shape index (κ2) is 7.07. The van der Waals surface area contributed by atoms with Crippen LogP contribution in [-0.2, 0) is 14.3 Å². The zero-order valence-corrected chi connectivity index (χ0v) is 16.8. The number of hydrogen-bond donors (Lipinski definition) is 2. The summed E-state index contributed by atoms with van der Waals surface area (Å²) in [6.07, 6.45) is 3.72. The van der Waals surface area contributed by atoms with Gasteiger partial charge >= 0.3 is 5.97 Å². The van der Waals surface area contributed by atoms with Crippen molar-refractivity contribution in [3.63, 3.8) is 0 Å². The van der Waals surface area contributed by atoms with E-state index in [1.54, 1.807) is 0 Å². The van der Waals surface area contributed by atoms with Crippen molar-refractivity contribution in [1.82, 2.24) is 10.1 Å². The smallest absolute Gasteiger partial charge is 0.332 e. The maximum Gasteiger partial charge on any atom is 0.332 e. The van der Waals surface area contributed by atoms with Gasteiger partial charge in [-0.1, -0.05) is 5.16 Å². The Hall–Kier alpha value is -2.52. The molecule has 1 aliphatic heterocycles. The Labute approximate surface area is 170 Å². The summed E-state index contributed by atoms with van der Waals surface area (Å²) in [7, 11) is 0. The molecule has 0 unspecified atom stereocenters. The average Bonchev–Trinajstić information content (AvgIpc) is 3.06. The molecule has 2 aliphatic carbocycles. The maximum atomic E-state index is 12.9. The number of aliphatic carboxylic acids is 1. The van der Waals surface area contributed by atoms with Crippen LogP contribution in [0.2, 0.25) is 0 Å². The normalized spacial score (nSPS) is 19.5. The minimum absolute atomic E-state index is 0.207. The largest absolute Gasteiger partial charge is 0.478 e. The number of nitrogens with zero attached hydrogens (tertiary/aromatic N) is 2. The first-order valence-corrected chi connectivity index (χ1v) is 10.7. The fourth-order valence-electron chi connectivity index (χ4n) is 3.91. The molecule has 152 valence electrons. The first kappa shape index (κ1) is 18.5. The van der Waals surface area contributed by atoms with Gasteiger partial charge in [0.15, 0.2) is 5.82 Å². The van der Waals surface area contributed by atoms with Crippen LogP contribution in [0, 0.1) is 6.92 Å². The summed E-state index contributed by atoms with van der Waals surface area (Å²) < 4.78 is 10.9.